The quantitative estimate of drug-likeness (QED) is 0.305. The summed E-state index contributed by atoms with van der Waals surface area (Å²) >= 11 is 0. The number of aromatic nitrogens is 1. The Bertz CT molecular complexity index is 1180. The van der Waals surface area contributed by atoms with Gasteiger partial charge in [0.25, 0.3) is 0 Å². The first-order valence-corrected chi connectivity index (χ1v) is 10.7. The molecular weight excluding hydrogens is 470 g/mol. The Hall–Kier alpha value is -4.60. The molecule has 3 rings (SSSR count). The second-order valence-electron chi connectivity index (χ2n) is 7.25. The van der Waals surface area contributed by atoms with Crippen molar-refractivity contribution in [1.82, 2.24) is 4.98 Å². The van der Waals surface area contributed by atoms with Crippen molar-refractivity contribution in [3.63, 3.8) is 0 Å². The normalized spacial score (nSPS) is 10.2. The third-order valence-corrected chi connectivity index (χ3v) is 4.98. The Balaban J connectivity index is 1.89. The van der Waals surface area contributed by atoms with E-state index in [1.165, 1.54) is 40.6 Å². The van der Waals surface area contributed by atoms with Gasteiger partial charge in [-0.3, -0.25) is 0 Å². The molecule has 188 valence electrons. The number of rotatable bonds is 10. The van der Waals surface area contributed by atoms with Crippen LogP contribution in [-0.4, -0.2) is 57.9 Å². The van der Waals surface area contributed by atoms with Crippen LogP contribution in [-0.2, 0) is 25.6 Å². The highest BCUT2D eigenvalue weighted by Crippen LogP contribution is 2.42. The first-order chi connectivity index (χ1) is 17.4. The lowest BCUT2D eigenvalue weighted by Crippen LogP contribution is -2.15. The molecule has 0 saturated carbocycles. The second-order valence-corrected chi connectivity index (χ2v) is 7.25. The molecule has 0 atom stereocenters. The van der Waals surface area contributed by atoms with E-state index in [0.717, 1.165) is 5.56 Å². The first kappa shape index (κ1) is 26.0. The van der Waals surface area contributed by atoms with Gasteiger partial charge < -0.3 is 28.4 Å². The van der Waals surface area contributed by atoms with Gasteiger partial charge in [-0.2, -0.15) is 0 Å². The maximum Gasteiger partial charge on any atom is 0.356 e. The van der Waals surface area contributed by atoms with E-state index in [1.54, 1.807) is 12.1 Å². The van der Waals surface area contributed by atoms with Crippen molar-refractivity contribution in [3.8, 4) is 28.4 Å². The van der Waals surface area contributed by atoms with Crippen molar-refractivity contribution in [2.24, 2.45) is 0 Å². The van der Waals surface area contributed by atoms with Crippen LogP contribution in [0.2, 0.25) is 0 Å². The average molecular weight is 495 g/mol. The predicted molar refractivity (Wildman–Crippen MR) is 127 cm³/mol. The zero-order chi connectivity index (χ0) is 26.1. The molecule has 0 aliphatic carbocycles. The van der Waals surface area contributed by atoms with E-state index in [2.05, 4.69) is 4.98 Å². The Morgan fingerprint density at radius 1 is 0.778 bits per heavy atom. The molecule has 0 spiro atoms. The highest BCUT2D eigenvalue weighted by Gasteiger charge is 2.22. The Morgan fingerprint density at radius 2 is 1.33 bits per heavy atom. The van der Waals surface area contributed by atoms with Crippen molar-refractivity contribution in [2.45, 2.75) is 6.61 Å². The van der Waals surface area contributed by atoms with E-state index in [9.17, 15) is 14.4 Å². The van der Waals surface area contributed by atoms with Crippen LogP contribution >= 0.6 is 0 Å². The minimum Gasteiger partial charge on any atom is -0.496 e. The Labute approximate surface area is 207 Å². The average Bonchev–Trinajstić information content (AvgIpc) is 2.93. The molecule has 0 bridgehead atoms. The van der Waals surface area contributed by atoms with Crippen molar-refractivity contribution >= 4 is 17.9 Å². The number of hydrogen-bond donors (Lipinski definition) is 0. The summed E-state index contributed by atoms with van der Waals surface area (Å²) in [6.07, 6.45) is 0. The summed E-state index contributed by atoms with van der Waals surface area (Å²) < 4.78 is 31.4. The van der Waals surface area contributed by atoms with Crippen LogP contribution in [0.4, 0.5) is 0 Å². The molecule has 1 aromatic heterocycles. The van der Waals surface area contributed by atoms with E-state index in [1.807, 2.05) is 30.3 Å². The number of methoxy groups -OCH3 is 4. The van der Waals surface area contributed by atoms with Crippen LogP contribution < -0.4 is 14.2 Å². The Kier molecular flexibility index (Phi) is 8.82. The number of hydrogen-bond acceptors (Lipinski definition) is 10. The molecule has 10 nitrogen and oxygen atoms in total. The molecule has 0 fully saturated rings. The molecule has 3 aromatic rings. The predicted octanol–water partition coefficient (Wildman–Crippen LogP) is 3.46. The molecule has 0 N–H and O–H groups in total. The van der Waals surface area contributed by atoms with E-state index < -0.39 is 17.9 Å². The molecule has 0 aliphatic heterocycles. The van der Waals surface area contributed by atoms with Crippen LogP contribution in [0.3, 0.4) is 0 Å². The van der Waals surface area contributed by atoms with Crippen LogP contribution in [0.15, 0.2) is 54.6 Å². The third-order valence-electron chi connectivity index (χ3n) is 4.98. The Morgan fingerprint density at radius 3 is 1.83 bits per heavy atom. The topological polar surface area (TPSA) is 119 Å². The standard InChI is InChI=1S/C26H25NO9/c1-31-21-12-18(35-15-23(28)36-14-16-8-6-5-7-9-16)13-22(32-2)24(21)17-10-19(25(29)33-3)27-20(11-17)26(30)34-4/h5-13H,14-15H2,1-4H3. The fraction of sp³-hybridized carbons (Fsp3) is 0.231. The summed E-state index contributed by atoms with van der Waals surface area (Å²) in [6.45, 7) is -0.214. The summed E-state index contributed by atoms with van der Waals surface area (Å²) in [5, 5.41) is 0. The number of esters is 3. The van der Waals surface area contributed by atoms with E-state index >= 15 is 0 Å². The summed E-state index contributed by atoms with van der Waals surface area (Å²) in [4.78, 5) is 40.5. The number of nitrogens with zero attached hydrogens (tertiary/aromatic N) is 1. The maximum absolute atomic E-state index is 12.2. The summed E-state index contributed by atoms with van der Waals surface area (Å²) in [6, 6.07) is 15.2. The van der Waals surface area contributed by atoms with Gasteiger partial charge in [0.1, 0.15) is 35.2 Å². The maximum atomic E-state index is 12.2. The van der Waals surface area contributed by atoms with Gasteiger partial charge in [0, 0.05) is 12.1 Å². The van der Waals surface area contributed by atoms with Gasteiger partial charge >= 0.3 is 17.9 Å². The van der Waals surface area contributed by atoms with Crippen LogP contribution in [0.25, 0.3) is 11.1 Å². The van der Waals surface area contributed by atoms with E-state index in [0.29, 0.717) is 22.6 Å². The second kappa shape index (κ2) is 12.2. The highest BCUT2D eigenvalue weighted by atomic mass is 16.6. The number of carbonyl (C=O) groups is 3. The lowest BCUT2D eigenvalue weighted by Gasteiger charge is -2.17. The lowest BCUT2D eigenvalue weighted by atomic mass is 10.0. The zero-order valence-electron chi connectivity index (χ0n) is 20.2. The number of ether oxygens (including phenoxy) is 6. The van der Waals surface area contributed by atoms with Gasteiger partial charge in [-0.05, 0) is 23.3 Å². The molecule has 0 aliphatic rings. The number of carbonyl (C=O) groups excluding carboxylic acids is 3. The molecule has 0 amide bonds. The monoisotopic (exact) mass is 495 g/mol. The minimum atomic E-state index is -0.742. The highest BCUT2D eigenvalue weighted by molar-refractivity contribution is 5.95. The minimum absolute atomic E-state index is 0.110. The number of pyridine rings is 1. The molecule has 0 saturated heterocycles. The van der Waals surface area contributed by atoms with Crippen LogP contribution in [0.1, 0.15) is 26.5 Å². The summed E-state index contributed by atoms with van der Waals surface area (Å²) in [5.74, 6) is -1.18. The molecule has 0 radical (unpaired) electrons. The van der Waals surface area contributed by atoms with Gasteiger partial charge in [-0.15, -0.1) is 0 Å². The van der Waals surface area contributed by atoms with Gasteiger partial charge in [0.15, 0.2) is 6.61 Å². The summed E-state index contributed by atoms with van der Waals surface area (Å²) in [7, 11) is 5.26. The van der Waals surface area contributed by atoms with E-state index in [4.69, 9.17) is 28.4 Å². The van der Waals surface area contributed by atoms with Gasteiger partial charge in [0.2, 0.25) is 0 Å². The van der Waals surface area contributed by atoms with E-state index in [-0.39, 0.29) is 30.4 Å². The molecule has 10 heteroatoms. The van der Waals surface area contributed by atoms with Crippen LogP contribution in [0, 0.1) is 0 Å². The molecule has 1 heterocycles. The first-order valence-electron chi connectivity index (χ1n) is 10.7. The smallest absolute Gasteiger partial charge is 0.356 e. The molecule has 2 aromatic carbocycles. The van der Waals surface area contributed by atoms with Gasteiger partial charge in [-0.1, -0.05) is 30.3 Å². The van der Waals surface area contributed by atoms with Crippen LogP contribution in [0.5, 0.6) is 17.2 Å². The third kappa shape index (κ3) is 6.29. The zero-order valence-corrected chi connectivity index (χ0v) is 20.2. The molecule has 0 unspecified atom stereocenters. The van der Waals surface area contributed by atoms with Crippen molar-refractivity contribution in [2.75, 3.05) is 35.0 Å². The summed E-state index contributed by atoms with van der Waals surface area (Å²) in [5.41, 5.74) is 1.43. The fourth-order valence-corrected chi connectivity index (χ4v) is 3.27. The molecular formula is C26H25NO9. The molecule has 36 heavy (non-hydrogen) atoms. The van der Waals surface area contributed by atoms with Crippen molar-refractivity contribution in [1.29, 1.82) is 0 Å². The number of benzene rings is 2. The van der Waals surface area contributed by atoms with Crippen molar-refractivity contribution < 1.29 is 42.8 Å². The fourth-order valence-electron chi connectivity index (χ4n) is 3.27. The largest absolute Gasteiger partial charge is 0.496 e. The van der Waals surface area contributed by atoms with Gasteiger partial charge in [-0.25, -0.2) is 19.4 Å². The van der Waals surface area contributed by atoms with Crippen molar-refractivity contribution in [3.05, 3.63) is 71.5 Å². The lowest BCUT2D eigenvalue weighted by molar-refractivity contribution is -0.147. The van der Waals surface area contributed by atoms with Gasteiger partial charge in [0.05, 0.1) is 34.0 Å². The SMILES string of the molecule is COC(=O)c1cc(-c2c(OC)cc(OCC(=O)OCc3ccccc3)cc2OC)cc(C(=O)OC)n1.